The molecule has 0 aliphatic carbocycles. The van der Waals surface area contributed by atoms with Crippen LogP contribution < -0.4 is 5.32 Å². The molecule has 0 unspecified atom stereocenters. The molecule has 3 amide bonds. The standard InChI is InChI=1S/C35H34N2O6S2/c1-35(2,3)43-34(41)36-21-29(28-19-12-20-44-28)45-22-27(37-31(38)25-17-10-11-18-26(25)32(37)39)33(40)42-30(23-13-6-4-7-14-23)24-15-8-5-9-16-24/h4-20,27,29-30H,21-22H2,1-3H3,(H,36,41)/t27-,29-/m0/s1. The molecule has 1 aliphatic heterocycles. The van der Waals surface area contributed by atoms with Gasteiger partial charge in [0.2, 0.25) is 0 Å². The van der Waals surface area contributed by atoms with Crippen LogP contribution >= 0.6 is 23.1 Å². The molecule has 8 nitrogen and oxygen atoms in total. The third-order valence-corrected chi connectivity index (χ3v) is 9.46. The number of nitrogens with one attached hydrogen (secondary N) is 1. The highest BCUT2D eigenvalue weighted by Gasteiger charge is 2.44. The van der Waals surface area contributed by atoms with Crippen molar-refractivity contribution < 1.29 is 28.7 Å². The third kappa shape index (κ3) is 7.82. The summed E-state index contributed by atoms with van der Waals surface area (Å²) in [6, 6.07) is 27.8. The number of carbonyl (C=O) groups is 4. The molecule has 1 N–H and O–H groups in total. The highest BCUT2D eigenvalue weighted by atomic mass is 32.2. The minimum atomic E-state index is -1.23. The minimum absolute atomic E-state index is 0.0408. The van der Waals surface area contributed by atoms with Gasteiger partial charge in [0.05, 0.1) is 16.4 Å². The van der Waals surface area contributed by atoms with Crippen LogP contribution in [0.1, 0.15) is 68.8 Å². The van der Waals surface area contributed by atoms with Crippen molar-refractivity contribution in [2.45, 2.75) is 43.8 Å². The molecule has 232 valence electrons. The van der Waals surface area contributed by atoms with Crippen LogP contribution in [-0.4, -0.2) is 52.7 Å². The first-order chi connectivity index (χ1) is 21.6. The van der Waals surface area contributed by atoms with Gasteiger partial charge in [-0.3, -0.25) is 14.5 Å². The van der Waals surface area contributed by atoms with Crippen LogP contribution in [0.15, 0.2) is 102 Å². The van der Waals surface area contributed by atoms with Crippen molar-refractivity contribution in [3.63, 3.8) is 0 Å². The van der Waals surface area contributed by atoms with Gasteiger partial charge >= 0.3 is 12.1 Å². The molecule has 2 atom stereocenters. The van der Waals surface area contributed by atoms with Crippen molar-refractivity contribution >= 4 is 47.0 Å². The molecule has 4 aromatic rings. The van der Waals surface area contributed by atoms with Gasteiger partial charge in [0.25, 0.3) is 11.8 Å². The molecule has 0 bridgehead atoms. The molecular formula is C35H34N2O6S2. The van der Waals surface area contributed by atoms with Crippen molar-refractivity contribution in [1.29, 1.82) is 0 Å². The van der Waals surface area contributed by atoms with E-state index in [1.54, 1.807) is 45.0 Å². The largest absolute Gasteiger partial charge is 0.451 e. The molecule has 0 fully saturated rings. The lowest BCUT2D eigenvalue weighted by Gasteiger charge is -2.28. The number of hydrogen-bond donors (Lipinski definition) is 1. The van der Waals surface area contributed by atoms with E-state index >= 15 is 0 Å². The topological polar surface area (TPSA) is 102 Å². The number of amides is 3. The summed E-state index contributed by atoms with van der Waals surface area (Å²) in [6.07, 6.45) is -1.32. The van der Waals surface area contributed by atoms with Gasteiger partial charge in [0.1, 0.15) is 11.6 Å². The van der Waals surface area contributed by atoms with E-state index in [-0.39, 0.29) is 28.7 Å². The van der Waals surface area contributed by atoms with Crippen molar-refractivity contribution in [3.8, 4) is 0 Å². The normalized spacial score (nSPS) is 14.2. The Morgan fingerprint density at radius 1 is 0.822 bits per heavy atom. The molecule has 1 aromatic heterocycles. The van der Waals surface area contributed by atoms with E-state index in [9.17, 15) is 19.2 Å². The molecule has 0 saturated heterocycles. The van der Waals surface area contributed by atoms with Crippen LogP contribution in [0, 0.1) is 0 Å². The second-order valence-corrected chi connectivity index (χ2v) is 13.6. The molecule has 5 rings (SSSR count). The van der Waals surface area contributed by atoms with E-state index in [0.717, 1.165) is 20.9 Å². The number of alkyl carbamates (subject to hydrolysis) is 1. The first kappa shape index (κ1) is 32.0. The summed E-state index contributed by atoms with van der Waals surface area (Å²) < 4.78 is 11.6. The highest BCUT2D eigenvalue weighted by molar-refractivity contribution is 7.99. The summed E-state index contributed by atoms with van der Waals surface area (Å²) in [7, 11) is 0. The van der Waals surface area contributed by atoms with Crippen LogP contribution in [0.4, 0.5) is 4.79 Å². The number of imide groups is 1. The predicted molar refractivity (Wildman–Crippen MR) is 175 cm³/mol. The Morgan fingerprint density at radius 3 is 1.89 bits per heavy atom. The summed E-state index contributed by atoms with van der Waals surface area (Å²) in [5.74, 6) is -1.76. The minimum Gasteiger partial charge on any atom is -0.451 e. The van der Waals surface area contributed by atoms with Crippen molar-refractivity contribution in [3.05, 3.63) is 130 Å². The smallest absolute Gasteiger partial charge is 0.407 e. The van der Waals surface area contributed by atoms with E-state index in [2.05, 4.69) is 5.32 Å². The third-order valence-electron chi connectivity index (χ3n) is 6.99. The van der Waals surface area contributed by atoms with Gasteiger partial charge in [0, 0.05) is 17.2 Å². The van der Waals surface area contributed by atoms with Gasteiger partial charge in [-0.15, -0.1) is 23.1 Å². The predicted octanol–water partition coefficient (Wildman–Crippen LogP) is 7.04. The molecule has 0 radical (unpaired) electrons. The van der Waals surface area contributed by atoms with E-state index in [1.165, 1.54) is 23.1 Å². The van der Waals surface area contributed by atoms with Gasteiger partial charge in [-0.1, -0.05) is 78.9 Å². The average Bonchev–Trinajstić information content (AvgIpc) is 3.65. The summed E-state index contributed by atoms with van der Waals surface area (Å²) in [4.78, 5) is 55.9. The molecule has 45 heavy (non-hydrogen) atoms. The summed E-state index contributed by atoms with van der Waals surface area (Å²) in [5.41, 5.74) is 1.33. The molecule has 3 aromatic carbocycles. The monoisotopic (exact) mass is 642 g/mol. The Bertz CT molecular complexity index is 1560. The summed E-state index contributed by atoms with van der Waals surface area (Å²) >= 11 is 2.86. The quantitative estimate of drug-likeness (QED) is 0.138. The van der Waals surface area contributed by atoms with Crippen LogP contribution in [0.25, 0.3) is 0 Å². The molecule has 2 heterocycles. The Balaban J connectivity index is 1.43. The zero-order valence-corrected chi connectivity index (χ0v) is 26.8. The van der Waals surface area contributed by atoms with Crippen LogP contribution in [0.3, 0.4) is 0 Å². The number of ether oxygens (including phenoxy) is 2. The van der Waals surface area contributed by atoms with Crippen LogP contribution in [-0.2, 0) is 14.3 Å². The lowest BCUT2D eigenvalue weighted by Crippen LogP contribution is -2.47. The number of benzene rings is 3. The van der Waals surface area contributed by atoms with E-state index < -0.39 is 41.6 Å². The number of thiophene rings is 1. The van der Waals surface area contributed by atoms with Crippen molar-refractivity contribution in [2.75, 3.05) is 12.3 Å². The number of hydrogen-bond acceptors (Lipinski definition) is 8. The maximum atomic E-state index is 14.2. The summed E-state index contributed by atoms with van der Waals surface area (Å²) in [6.45, 7) is 5.57. The van der Waals surface area contributed by atoms with Crippen LogP contribution in [0.2, 0.25) is 0 Å². The molecule has 0 spiro atoms. The van der Waals surface area contributed by atoms with Gasteiger partial charge in [-0.05, 0) is 55.5 Å². The SMILES string of the molecule is CC(C)(C)OC(=O)NC[C@H](SC[C@@H](C(=O)OC(c1ccccc1)c1ccccc1)N1C(=O)c2ccccc2C1=O)c1cccs1. The Labute approximate surface area is 270 Å². The van der Waals surface area contributed by atoms with E-state index in [0.29, 0.717) is 0 Å². The first-order valence-corrected chi connectivity index (χ1v) is 16.4. The van der Waals surface area contributed by atoms with Gasteiger partial charge in [-0.2, -0.15) is 0 Å². The Kier molecular flexibility index (Phi) is 10.0. The Hall–Kier alpha value is -4.41. The number of carbonyl (C=O) groups excluding carboxylic acids is 4. The second-order valence-electron chi connectivity index (χ2n) is 11.4. The van der Waals surface area contributed by atoms with Gasteiger partial charge in [-0.25, -0.2) is 9.59 Å². The lowest BCUT2D eigenvalue weighted by molar-refractivity contribution is -0.151. The Morgan fingerprint density at radius 2 is 1.38 bits per heavy atom. The highest BCUT2D eigenvalue weighted by Crippen LogP contribution is 2.36. The molecule has 0 saturated carbocycles. The number of thioether (sulfide) groups is 1. The van der Waals surface area contributed by atoms with Gasteiger partial charge in [0.15, 0.2) is 6.10 Å². The van der Waals surface area contributed by atoms with Crippen LogP contribution in [0.5, 0.6) is 0 Å². The fourth-order valence-electron chi connectivity index (χ4n) is 4.93. The summed E-state index contributed by atoms with van der Waals surface area (Å²) in [5, 5.41) is 4.46. The maximum Gasteiger partial charge on any atom is 0.407 e. The average molecular weight is 643 g/mol. The number of esters is 1. The molecule has 1 aliphatic rings. The fourth-order valence-corrected chi connectivity index (χ4v) is 7.15. The van der Waals surface area contributed by atoms with E-state index in [4.69, 9.17) is 9.47 Å². The van der Waals surface area contributed by atoms with E-state index in [1.807, 2.05) is 78.2 Å². The number of rotatable bonds is 11. The van der Waals surface area contributed by atoms with Crippen molar-refractivity contribution in [1.82, 2.24) is 10.2 Å². The molecular weight excluding hydrogens is 609 g/mol. The number of nitrogens with zero attached hydrogens (tertiary/aromatic N) is 1. The fraction of sp³-hybridized carbons (Fsp3) is 0.257. The van der Waals surface area contributed by atoms with Gasteiger partial charge < -0.3 is 14.8 Å². The first-order valence-electron chi connectivity index (χ1n) is 14.5. The maximum absolute atomic E-state index is 14.2. The second kappa shape index (κ2) is 14.1. The number of fused-ring (bicyclic) bond motifs is 1. The lowest BCUT2D eigenvalue weighted by atomic mass is 10.0. The zero-order chi connectivity index (χ0) is 32.0. The molecule has 10 heteroatoms. The zero-order valence-electron chi connectivity index (χ0n) is 25.2. The van der Waals surface area contributed by atoms with Crippen molar-refractivity contribution in [2.24, 2.45) is 0 Å².